The Morgan fingerprint density at radius 3 is 2.37 bits per heavy atom. The minimum atomic E-state index is -3.99. The Labute approximate surface area is 177 Å². The van der Waals surface area contributed by atoms with Crippen molar-refractivity contribution in [2.45, 2.75) is 13.1 Å². The molecule has 0 saturated carbocycles. The van der Waals surface area contributed by atoms with Crippen LogP contribution in [0, 0.1) is 5.82 Å². The van der Waals surface area contributed by atoms with Crippen LogP contribution in [-0.2, 0) is 23.3 Å². The Bertz CT molecular complexity index is 1210. The maximum absolute atomic E-state index is 13.1. The van der Waals surface area contributed by atoms with Gasteiger partial charge in [0.2, 0.25) is 0 Å². The van der Waals surface area contributed by atoms with Crippen molar-refractivity contribution in [3.05, 3.63) is 76.7 Å². The summed E-state index contributed by atoms with van der Waals surface area (Å²) in [6.07, 6.45) is 0. The summed E-state index contributed by atoms with van der Waals surface area (Å²) in [5.74, 6) is -1.71. The van der Waals surface area contributed by atoms with Gasteiger partial charge >= 0.3 is 16.2 Å². The van der Waals surface area contributed by atoms with Gasteiger partial charge in [0.05, 0.1) is 17.3 Å². The van der Waals surface area contributed by atoms with Crippen LogP contribution in [0.5, 0.6) is 0 Å². The SMILES string of the molecule is O=C(O)c1c(Cl)c(-c2ccccc2)n2c1CN(S(=O)(=O)Nc1ccc(F)cc1)CC2. The fourth-order valence-electron chi connectivity index (χ4n) is 3.53. The van der Waals surface area contributed by atoms with Crippen molar-refractivity contribution < 1.29 is 22.7 Å². The second-order valence-corrected chi connectivity index (χ2v) is 8.80. The molecule has 1 aromatic heterocycles. The lowest BCUT2D eigenvalue weighted by atomic mass is 10.1. The van der Waals surface area contributed by atoms with Gasteiger partial charge in [-0.1, -0.05) is 41.9 Å². The van der Waals surface area contributed by atoms with Crippen molar-refractivity contribution in [2.24, 2.45) is 0 Å². The number of hydrogen-bond acceptors (Lipinski definition) is 3. The van der Waals surface area contributed by atoms with E-state index in [0.29, 0.717) is 11.4 Å². The normalized spacial score (nSPS) is 14.3. The molecular weight excluding hydrogens is 433 g/mol. The largest absolute Gasteiger partial charge is 0.478 e. The van der Waals surface area contributed by atoms with E-state index < -0.39 is 22.0 Å². The minimum absolute atomic E-state index is 0.0782. The van der Waals surface area contributed by atoms with Crippen molar-refractivity contribution in [1.82, 2.24) is 8.87 Å². The fraction of sp³-hybridized carbons (Fsp3) is 0.150. The van der Waals surface area contributed by atoms with E-state index in [2.05, 4.69) is 4.72 Å². The lowest BCUT2D eigenvalue weighted by Gasteiger charge is -2.29. The molecule has 1 aliphatic heterocycles. The third kappa shape index (κ3) is 3.67. The van der Waals surface area contributed by atoms with Crippen LogP contribution in [0.3, 0.4) is 0 Å². The number of halogens is 2. The average molecular weight is 450 g/mol. The summed E-state index contributed by atoms with van der Waals surface area (Å²) in [5.41, 5.74) is 1.70. The van der Waals surface area contributed by atoms with Gasteiger partial charge < -0.3 is 9.67 Å². The second kappa shape index (κ2) is 7.75. The Morgan fingerprint density at radius 2 is 1.73 bits per heavy atom. The number of fused-ring (bicyclic) bond motifs is 1. The number of nitrogens with zero attached hydrogens (tertiary/aromatic N) is 2. The maximum Gasteiger partial charge on any atom is 0.339 e. The first kappa shape index (κ1) is 20.4. The molecule has 0 amide bonds. The molecule has 0 bridgehead atoms. The predicted octanol–water partition coefficient (Wildman–Crippen LogP) is 3.82. The molecule has 2 heterocycles. The van der Waals surface area contributed by atoms with E-state index in [-0.39, 0.29) is 35.9 Å². The fourth-order valence-corrected chi connectivity index (χ4v) is 5.11. The van der Waals surface area contributed by atoms with E-state index in [9.17, 15) is 22.7 Å². The Morgan fingerprint density at radius 1 is 1.07 bits per heavy atom. The monoisotopic (exact) mass is 449 g/mol. The van der Waals surface area contributed by atoms with Crippen molar-refractivity contribution in [2.75, 3.05) is 11.3 Å². The van der Waals surface area contributed by atoms with Gasteiger partial charge in [0.25, 0.3) is 0 Å². The Hall–Kier alpha value is -2.88. The zero-order chi connectivity index (χ0) is 21.5. The highest BCUT2D eigenvalue weighted by atomic mass is 35.5. The minimum Gasteiger partial charge on any atom is -0.478 e. The lowest BCUT2D eigenvalue weighted by molar-refractivity contribution is 0.0694. The van der Waals surface area contributed by atoms with Crippen molar-refractivity contribution >= 4 is 33.5 Å². The summed E-state index contributed by atoms with van der Waals surface area (Å²) >= 11 is 6.44. The van der Waals surface area contributed by atoms with Gasteiger partial charge in [-0.05, 0) is 29.8 Å². The van der Waals surface area contributed by atoms with Crippen LogP contribution in [0.4, 0.5) is 10.1 Å². The van der Waals surface area contributed by atoms with Crippen LogP contribution in [0.2, 0.25) is 5.02 Å². The second-order valence-electron chi connectivity index (χ2n) is 6.75. The third-order valence-electron chi connectivity index (χ3n) is 4.90. The van der Waals surface area contributed by atoms with Crippen LogP contribution in [0.15, 0.2) is 54.6 Å². The molecule has 0 saturated heterocycles. The van der Waals surface area contributed by atoms with E-state index in [1.165, 1.54) is 12.1 Å². The van der Waals surface area contributed by atoms with Crippen molar-refractivity contribution in [1.29, 1.82) is 0 Å². The van der Waals surface area contributed by atoms with Crippen LogP contribution >= 0.6 is 11.6 Å². The van der Waals surface area contributed by atoms with E-state index in [1.807, 2.05) is 30.3 Å². The van der Waals surface area contributed by atoms with E-state index in [4.69, 9.17) is 11.6 Å². The number of rotatable bonds is 5. The van der Waals surface area contributed by atoms with Crippen LogP contribution in [0.1, 0.15) is 16.1 Å². The van der Waals surface area contributed by atoms with Gasteiger partial charge in [-0.15, -0.1) is 0 Å². The number of aromatic carboxylic acids is 1. The molecule has 3 aromatic rings. The van der Waals surface area contributed by atoms with Crippen molar-refractivity contribution in [3.8, 4) is 11.3 Å². The molecule has 156 valence electrons. The molecule has 2 aromatic carbocycles. The molecule has 2 N–H and O–H groups in total. The molecule has 0 radical (unpaired) electrons. The first-order valence-electron chi connectivity index (χ1n) is 9.01. The summed E-state index contributed by atoms with van der Waals surface area (Å²) in [5, 5.41) is 9.79. The zero-order valence-corrected chi connectivity index (χ0v) is 17.1. The van der Waals surface area contributed by atoms with Gasteiger partial charge in [0, 0.05) is 24.5 Å². The summed E-state index contributed by atoms with van der Waals surface area (Å²) in [4.78, 5) is 11.9. The van der Waals surface area contributed by atoms with E-state index in [1.54, 1.807) is 4.57 Å². The number of benzene rings is 2. The Kier molecular flexibility index (Phi) is 5.27. The van der Waals surface area contributed by atoms with E-state index >= 15 is 0 Å². The highest BCUT2D eigenvalue weighted by Gasteiger charge is 2.34. The molecule has 0 unspecified atom stereocenters. The number of carboxylic acids is 1. The lowest BCUT2D eigenvalue weighted by Crippen LogP contribution is -2.41. The molecule has 10 heteroatoms. The molecular formula is C20H17ClFN3O4S. The Balaban J connectivity index is 1.71. The maximum atomic E-state index is 13.1. The van der Waals surface area contributed by atoms with Gasteiger partial charge in [-0.3, -0.25) is 4.72 Å². The quantitative estimate of drug-likeness (QED) is 0.619. The smallest absolute Gasteiger partial charge is 0.339 e. The molecule has 4 rings (SSSR count). The molecule has 0 atom stereocenters. The number of carbonyl (C=O) groups is 1. The van der Waals surface area contributed by atoms with Gasteiger partial charge in [-0.25, -0.2) is 9.18 Å². The number of hydrogen-bond donors (Lipinski definition) is 2. The van der Waals surface area contributed by atoms with Crippen LogP contribution in [0.25, 0.3) is 11.3 Å². The van der Waals surface area contributed by atoms with E-state index in [0.717, 1.165) is 22.0 Å². The summed E-state index contributed by atoms with van der Waals surface area (Å²) in [6.45, 7) is 0.190. The summed E-state index contributed by atoms with van der Waals surface area (Å²) in [7, 11) is -3.99. The highest BCUT2D eigenvalue weighted by Crippen LogP contribution is 2.38. The number of aromatic nitrogens is 1. The summed E-state index contributed by atoms with van der Waals surface area (Å²) < 4.78 is 44.0. The standard InChI is InChI=1S/C20H17ClFN3O4S/c21-18-17(20(26)27)16-12-24(30(28,29)23-15-8-6-14(22)7-9-15)10-11-25(16)19(18)13-4-2-1-3-5-13/h1-9,23H,10-12H2,(H,26,27). The van der Waals surface area contributed by atoms with Crippen LogP contribution < -0.4 is 4.72 Å². The third-order valence-corrected chi connectivity index (χ3v) is 6.76. The molecule has 0 spiro atoms. The number of anilines is 1. The topological polar surface area (TPSA) is 91.6 Å². The molecule has 1 aliphatic rings. The molecule has 0 aliphatic carbocycles. The first-order chi connectivity index (χ1) is 14.3. The van der Waals surface area contributed by atoms with Crippen LogP contribution in [-0.4, -0.2) is 34.9 Å². The van der Waals surface area contributed by atoms with Gasteiger partial charge in [0.1, 0.15) is 11.4 Å². The zero-order valence-electron chi connectivity index (χ0n) is 15.5. The van der Waals surface area contributed by atoms with Gasteiger partial charge in [-0.2, -0.15) is 12.7 Å². The number of nitrogens with one attached hydrogen (secondary N) is 1. The van der Waals surface area contributed by atoms with Crippen molar-refractivity contribution in [3.63, 3.8) is 0 Å². The van der Waals surface area contributed by atoms with Gasteiger partial charge in [0.15, 0.2) is 0 Å². The molecule has 7 nitrogen and oxygen atoms in total. The molecule has 30 heavy (non-hydrogen) atoms. The summed E-state index contributed by atoms with van der Waals surface area (Å²) in [6, 6.07) is 14.0. The number of carboxylic acid groups (broad SMARTS) is 1. The molecule has 0 fully saturated rings. The average Bonchev–Trinajstić information content (AvgIpc) is 3.01. The first-order valence-corrected chi connectivity index (χ1v) is 10.8. The highest BCUT2D eigenvalue weighted by molar-refractivity contribution is 7.90. The predicted molar refractivity (Wildman–Crippen MR) is 111 cm³/mol.